The van der Waals surface area contributed by atoms with E-state index >= 15 is 0 Å². The lowest BCUT2D eigenvalue weighted by molar-refractivity contribution is -0.154. The van der Waals surface area contributed by atoms with Crippen molar-refractivity contribution in [1.29, 1.82) is 0 Å². The van der Waals surface area contributed by atoms with Gasteiger partial charge in [-0.25, -0.2) is 9.78 Å². The van der Waals surface area contributed by atoms with E-state index in [2.05, 4.69) is 25.7 Å². The van der Waals surface area contributed by atoms with Crippen LogP contribution in [-0.4, -0.2) is 60.7 Å². The molecule has 0 bridgehead atoms. The Labute approximate surface area is 380 Å². The number of β-lactam (4-membered cyclic amide) rings is 1. The molecule has 320 valence electrons. The fourth-order valence-corrected chi connectivity index (χ4v) is 10.6. The maximum Gasteiger partial charge on any atom is 0.356 e. The number of aryl methyl sites for hydroxylation is 1. The maximum atomic E-state index is 14.6. The molecule has 2 aliphatic heterocycles. The summed E-state index contributed by atoms with van der Waals surface area (Å²) in [4.78, 5) is 56.7. The highest BCUT2D eigenvalue weighted by atomic mass is 32.2. The largest absolute Gasteiger partial charge is 0.448 e. The monoisotopic (exact) mass is 905 g/mol. The zero-order valence-electron chi connectivity index (χ0n) is 34.1. The summed E-state index contributed by atoms with van der Waals surface area (Å²) < 4.78 is 12.0. The molecule has 7 aromatic rings. The summed E-state index contributed by atoms with van der Waals surface area (Å²) in [7, 11) is 0. The van der Waals surface area contributed by atoms with Gasteiger partial charge in [0, 0.05) is 39.7 Å². The molecule has 0 saturated carbocycles. The van der Waals surface area contributed by atoms with Gasteiger partial charge >= 0.3 is 5.97 Å². The molecule has 64 heavy (non-hydrogen) atoms. The number of carbonyl (C=O) groups is 3. The van der Waals surface area contributed by atoms with Gasteiger partial charge in [0.1, 0.15) is 22.8 Å². The van der Waals surface area contributed by atoms with Crippen molar-refractivity contribution in [3.63, 3.8) is 0 Å². The molecule has 2 aromatic heterocycles. The number of oxime groups is 1. The smallest absolute Gasteiger partial charge is 0.356 e. The quantitative estimate of drug-likeness (QED) is 0.0334. The number of aromatic nitrogens is 3. The van der Waals surface area contributed by atoms with Crippen molar-refractivity contribution in [1.82, 2.24) is 25.4 Å². The first-order valence-corrected chi connectivity index (χ1v) is 23.1. The van der Waals surface area contributed by atoms with Crippen LogP contribution in [0.1, 0.15) is 51.4 Å². The molecule has 2 aliphatic rings. The summed E-state index contributed by atoms with van der Waals surface area (Å²) in [6, 6.07) is 46.6. The SMILES string of the molecule is Cc1nnc(CSC2=C(C(=O)OC(c3ccccc3)c3ccccc3)N3C(=O)[C@@H](NC(=O)/C(=N\OC(c4ccccc4)(c4ccccc4)c4ccccc4)c4csc(N)n4)[C@H]3SC2)o1. The number of nitrogens with zero attached hydrogens (tertiary/aromatic N) is 5. The second-order valence-corrected chi connectivity index (χ2v) is 17.7. The number of anilines is 1. The van der Waals surface area contributed by atoms with Crippen LogP contribution in [-0.2, 0) is 35.3 Å². The molecule has 4 heterocycles. The van der Waals surface area contributed by atoms with E-state index in [9.17, 15) is 14.4 Å². The molecular weight excluding hydrogens is 867 g/mol. The Bertz CT molecular complexity index is 2690. The number of esters is 1. The Balaban J connectivity index is 1.04. The number of hydrogen-bond donors (Lipinski definition) is 2. The molecule has 16 heteroatoms. The third kappa shape index (κ3) is 8.54. The fourth-order valence-electron chi connectivity index (χ4n) is 7.58. The van der Waals surface area contributed by atoms with Gasteiger partial charge in [0.05, 0.1) is 5.75 Å². The van der Waals surface area contributed by atoms with E-state index in [4.69, 9.17) is 19.7 Å². The predicted molar refractivity (Wildman–Crippen MR) is 247 cm³/mol. The zero-order chi connectivity index (χ0) is 44.0. The molecule has 0 radical (unpaired) electrons. The minimum Gasteiger partial charge on any atom is -0.448 e. The summed E-state index contributed by atoms with van der Waals surface area (Å²) >= 11 is 3.85. The van der Waals surface area contributed by atoms with Crippen LogP contribution in [0.5, 0.6) is 0 Å². The molecule has 2 amide bonds. The second kappa shape index (κ2) is 18.8. The number of hydrogen-bond acceptors (Lipinski definition) is 14. The Morgan fingerprint density at radius 1 is 0.859 bits per heavy atom. The van der Waals surface area contributed by atoms with Gasteiger partial charge in [0.2, 0.25) is 17.4 Å². The number of nitrogens with two attached hydrogens (primary N) is 1. The number of thiazole rings is 1. The van der Waals surface area contributed by atoms with Crippen LogP contribution in [0.25, 0.3) is 0 Å². The van der Waals surface area contributed by atoms with Gasteiger partial charge in [-0.05, 0) is 11.1 Å². The van der Waals surface area contributed by atoms with Crippen LogP contribution >= 0.6 is 34.9 Å². The van der Waals surface area contributed by atoms with Crippen molar-refractivity contribution in [2.45, 2.75) is 35.8 Å². The average molecular weight is 906 g/mol. The van der Waals surface area contributed by atoms with E-state index in [0.29, 0.717) is 22.4 Å². The number of thioether (sulfide) groups is 2. The van der Waals surface area contributed by atoms with Crippen LogP contribution in [0.4, 0.5) is 5.13 Å². The van der Waals surface area contributed by atoms with Crippen LogP contribution in [0.15, 0.2) is 177 Å². The maximum absolute atomic E-state index is 14.6. The number of carbonyl (C=O) groups excluding carboxylic acids is 3. The molecule has 9 rings (SSSR count). The highest BCUT2D eigenvalue weighted by Gasteiger charge is 2.55. The summed E-state index contributed by atoms with van der Waals surface area (Å²) in [6.45, 7) is 1.70. The average Bonchev–Trinajstić information content (AvgIpc) is 3.98. The van der Waals surface area contributed by atoms with E-state index in [1.54, 1.807) is 12.3 Å². The lowest BCUT2D eigenvalue weighted by Crippen LogP contribution is -2.71. The Morgan fingerprint density at radius 3 is 1.91 bits per heavy atom. The van der Waals surface area contributed by atoms with Crippen LogP contribution in [0, 0.1) is 6.92 Å². The molecule has 0 aliphatic carbocycles. The summed E-state index contributed by atoms with van der Waals surface area (Å²) in [5.41, 5.74) is 8.62. The van der Waals surface area contributed by atoms with Crippen molar-refractivity contribution in [3.05, 3.63) is 213 Å². The van der Waals surface area contributed by atoms with Crippen LogP contribution < -0.4 is 11.1 Å². The van der Waals surface area contributed by atoms with Crippen LogP contribution in [0.3, 0.4) is 0 Å². The number of rotatable bonds is 15. The minimum absolute atomic E-state index is 0.0835. The summed E-state index contributed by atoms with van der Waals surface area (Å²) in [6.07, 6.45) is -0.772. The Morgan fingerprint density at radius 2 is 1.41 bits per heavy atom. The van der Waals surface area contributed by atoms with Crippen molar-refractivity contribution < 1.29 is 28.4 Å². The molecule has 2 atom stereocenters. The first-order chi connectivity index (χ1) is 31.3. The number of benzene rings is 5. The normalized spacial score (nSPS) is 16.2. The molecule has 1 saturated heterocycles. The van der Waals surface area contributed by atoms with Crippen molar-refractivity contribution in [3.8, 4) is 0 Å². The molecule has 13 nitrogen and oxygen atoms in total. The van der Waals surface area contributed by atoms with Crippen molar-refractivity contribution in [2.75, 3.05) is 11.5 Å². The van der Waals surface area contributed by atoms with E-state index < -0.39 is 40.9 Å². The van der Waals surface area contributed by atoms with Gasteiger partial charge in [0.25, 0.3) is 11.8 Å². The standard InChI is InChI=1S/C48H39N7O6S3/c1-30-52-53-38(59-30)29-62-37-28-63-45-40(44(57)55(45)41(37)46(58)60-42(31-17-7-2-8-18-31)32-19-9-3-10-20-32)51-43(56)39(36-27-64-47(49)50-36)54-61-48(33-21-11-4-12-22-33,34-23-13-5-14-24-34)35-25-15-6-16-26-35/h2-27,40,42,45H,28-29H2,1H3,(H2,49,50)(H,51,56)/b54-39-/t40-,45-/m1/s1. The van der Waals surface area contributed by atoms with Gasteiger partial charge < -0.3 is 25.0 Å². The first kappa shape index (κ1) is 42.3. The summed E-state index contributed by atoms with van der Waals surface area (Å²) in [5.74, 6) is -0.566. The first-order valence-electron chi connectivity index (χ1n) is 20.2. The van der Waals surface area contributed by atoms with Gasteiger partial charge in [-0.2, -0.15) is 0 Å². The van der Waals surface area contributed by atoms with Gasteiger partial charge in [-0.1, -0.05) is 157 Å². The Hall–Kier alpha value is -7.01. The third-order valence-electron chi connectivity index (χ3n) is 10.6. The van der Waals surface area contributed by atoms with E-state index in [1.165, 1.54) is 28.4 Å². The molecule has 5 aromatic carbocycles. The lowest BCUT2D eigenvalue weighted by Gasteiger charge is -2.49. The zero-order valence-corrected chi connectivity index (χ0v) is 36.6. The third-order valence-corrected chi connectivity index (χ3v) is 13.8. The van der Waals surface area contributed by atoms with Crippen molar-refractivity contribution in [2.24, 2.45) is 5.16 Å². The molecule has 1 fully saturated rings. The van der Waals surface area contributed by atoms with E-state index in [-0.39, 0.29) is 28.0 Å². The highest BCUT2D eigenvalue weighted by Crippen LogP contribution is 2.46. The van der Waals surface area contributed by atoms with Gasteiger partial charge in [-0.15, -0.1) is 45.1 Å². The summed E-state index contributed by atoms with van der Waals surface area (Å²) in [5, 5.41) is 16.7. The molecular formula is C48H39N7O6S3. The van der Waals surface area contributed by atoms with Crippen LogP contribution in [0.2, 0.25) is 0 Å². The number of ether oxygens (including phenoxy) is 1. The number of nitrogen functional groups attached to an aromatic ring is 1. The number of fused-ring (bicyclic) bond motifs is 1. The van der Waals surface area contributed by atoms with E-state index in [0.717, 1.165) is 39.2 Å². The van der Waals surface area contributed by atoms with Crippen molar-refractivity contribution >= 4 is 63.5 Å². The molecule has 0 unspecified atom stereocenters. The second-order valence-electron chi connectivity index (χ2n) is 14.6. The van der Waals surface area contributed by atoms with E-state index in [1.807, 2.05) is 152 Å². The van der Waals surface area contributed by atoms with Gasteiger partial charge in [-0.3, -0.25) is 14.5 Å². The predicted octanol–water partition coefficient (Wildman–Crippen LogP) is 8.01. The molecule has 0 spiro atoms. The van der Waals surface area contributed by atoms with Gasteiger partial charge in [0.15, 0.2) is 16.9 Å². The Kier molecular flexibility index (Phi) is 12.4. The fraction of sp³-hybridized carbons (Fsp3) is 0.146. The topological polar surface area (TPSA) is 175 Å². The number of nitrogens with one attached hydrogen (secondary N) is 1. The highest BCUT2D eigenvalue weighted by molar-refractivity contribution is 8.05. The number of amides is 2. The lowest BCUT2D eigenvalue weighted by atomic mass is 9.80. The minimum atomic E-state index is -1.31. The molecule has 3 N–H and O–H groups in total.